The van der Waals surface area contributed by atoms with Crippen LogP contribution in [0.1, 0.15) is 51.0 Å². The molecule has 0 aliphatic heterocycles. The van der Waals surface area contributed by atoms with Gasteiger partial charge in [0.05, 0.1) is 18.8 Å². The maximum Gasteiger partial charge on any atom is 0.315 e. The van der Waals surface area contributed by atoms with Gasteiger partial charge in [-0.15, -0.1) is 0 Å². The number of hydrogen-bond donors (Lipinski definition) is 3. The molecule has 3 unspecified atom stereocenters. The minimum absolute atomic E-state index is 0.0597. The Kier molecular flexibility index (Phi) is 8.05. The van der Waals surface area contributed by atoms with Crippen LogP contribution in [0, 0.1) is 0 Å². The number of benzene rings is 1. The maximum absolute atomic E-state index is 12.2. The third-order valence-corrected chi connectivity index (χ3v) is 4.50. The molecular weight excluding hydrogens is 304 g/mol. The average Bonchev–Trinajstić information content (AvgIpc) is 2.60. The summed E-state index contributed by atoms with van der Waals surface area (Å²) in [6.45, 7) is 2.70. The fourth-order valence-electron chi connectivity index (χ4n) is 3.14. The van der Waals surface area contributed by atoms with Crippen LogP contribution in [0.15, 0.2) is 30.3 Å². The molecule has 3 N–H and O–H groups in total. The number of aliphatic hydroxyl groups is 1. The van der Waals surface area contributed by atoms with Crippen molar-refractivity contribution < 1.29 is 14.6 Å². The fraction of sp³-hybridized carbons (Fsp3) is 0.632. The molecule has 1 aromatic rings. The zero-order valence-corrected chi connectivity index (χ0v) is 14.5. The Morgan fingerprint density at radius 2 is 2.04 bits per heavy atom. The van der Waals surface area contributed by atoms with E-state index < -0.39 is 0 Å². The maximum atomic E-state index is 12.2. The molecule has 0 saturated heterocycles. The van der Waals surface area contributed by atoms with Crippen LogP contribution in [0.2, 0.25) is 0 Å². The summed E-state index contributed by atoms with van der Waals surface area (Å²) in [5.41, 5.74) is 1.16. The highest BCUT2D eigenvalue weighted by Gasteiger charge is 2.27. The molecule has 3 atom stereocenters. The van der Waals surface area contributed by atoms with Crippen LogP contribution in [0.4, 0.5) is 4.79 Å². The Morgan fingerprint density at radius 3 is 2.79 bits per heavy atom. The molecule has 2 amide bonds. The Hall–Kier alpha value is -1.59. The Bertz CT molecular complexity index is 481. The molecule has 24 heavy (non-hydrogen) atoms. The zero-order chi connectivity index (χ0) is 17.2. The topological polar surface area (TPSA) is 70.6 Å². The molecule has 1 aliphatic rings. The molecule has 1 aromatic carbocycles. The van der Waals surface area contributed by atoms with Crippen LogP contribution in [0.3, 0.4) is 0 Å². The number of urea groups is 1. The van der Waals surface area contributed by atoms with Crippen molar-refractivity contribution in [3.05, 3.63) is 35.9 Å². The molecule has 0 aromatic heterocycles. The van der Waals surface area contributed by atoms with Crippen molar-refractivity contribution in [1.29, 1.82) is 0 Å². The van der Waals surface area contributed by atoms with E-state index in [1.54, 1.807) is 0 Å². The van der Waals surface area contributed by atoms with E-state index in [1.807, 2.05) is 25.1 Å². The predicted molar refractivity (Wildman–Crippen MR) is 94.7 cm³/mol. The van der Waals surface area contributed by atoms with Gasteiger partial charge in [-0.1, -0.05) is 43.2 Å². The van der Waals surface area contributed by atoms with Crippen molar-refractivity contribution >= 4 is 6.03 Å². The summed E-state index contributed by atoms with van der Waals surface area (Å²) >= 11 is 0. The lowest BCUT2D eigenvalue weighted by atomic mass is 9.92. The Balaban J connectivity index is 1.79. The molecule has 0 bridgehead atoms. The lowest BCUT2D eigenvalue weighted by Crippen LogP contribution is -2.51. The highest BCUT2D eigenvalue weighted by Crippen LogP contribution is 2.22. The van der Waals surface area contributed by atoms with Gasteiger partial charge in [0.25, 0.3) is 0 Å². The van der Waals surface area contributed by atoms with Gasteiger partial charge in [0, 0.05) is 12.6 Å². The first-order valence-corrected chi connectivity index (χ1v) is 9.02. The molecule has 1 fully saturated rings. The van der Waals surface area contributed by atoms with Gasteiger partial charge >= 0.3 is 6.03 Å². The molecule has 2 rings (SSSR count). The molecule has 1 aliphatic carbocycles. The summed E-state index contributed by atoms with van der Waals surface area (Å²) in [7, 11) is 0. The molecule has 1 saturated carbocycles. The predicted octanol–water partition coefficient (Wildman–Crippen LogP) is 2.97. The number of carbonyl (C=O) groups is 1. The van der Waals surface area contributed by atoms with E-state index >= 15 is 0 Å². The quantitative estimate of drug-likeness (QED) is 0.684. The van der Waals surface area contributed by atoms with Crippen molar-refractivity contribution in [3.63, 3.8) is 0 Å². The second-order valence-corrected chi connectivity index (χ2v) is 6.61. The van der Waals surface area contributed by atoms with Gasteiger partial charge < -0.3 is 20.5 Å². The summed E-state index contributed by atoms with van der Waals surface area (Å²) in [5.74, 6) is 0. The summed E-state index contributed by atoms with van der Waals surface area (Å²) in [6, 6.07) is 10.1. The van der Waals surface area contributed by atoms with Crippen molar-refractivity contribution in [2.45, 2.75) is 70.2 Å². The monoisotopic (exact) mass is 334 g/mol. The van der Waals surface area contributed by atoms with E-state index in [9.17, 15) is 4.79 Å². The van der Waals surface area contributed by atoms with Crippen molar-refractivity contribution in [2.24, 2.45) is 0 Å². The van der Waals surface area contributed by atoms with E-state index in [0.29, 0.717) is 13.0 Å². The van der Waals surface area contributed by atoms with Crippen LogP contribution < -0.4 is 10.6 Å². The largest absolute Gasteiger partial charge is 0.396 e. The summed E-state index contributed by atoms with van der Waals surface area (Å²) in [4.78, 5) is 12.2. The van der Waals surface area contributed by atoms with Crippen molar-refractivity contribution in [3.8, 4) is 0 Å². The number of rotatable bonds is 8. The highest BCUT2D eigenvalue weighted by molar-refractivity contribution is 5.74. The number of nitrogens with one attached hydrogen (secondary N) is 2. The van der Waals surface area contributed by atoms with E-state index in [0.717, 1.165) is 37.7 Å². The van der Waals surface area contributed by atoms with Crippen molar-refractivity contribution in [1.82, 2.24) is 10.6 Å². The summed E-state index contributed by atoms with van der Waals surface area (Å²) in [5, 5.41) is 14.9. The molecule has 0 heterocycles. The second-order valence-electron chi connectivity index (χ2n) is 6.61. The number of ether oxygens (including phenoxy) is 1. The number of aliphatic hydroxyl groups excluding tert-OH is 1. The van der Waals surface area contributed by atoms with Gasteiger partial charge in [-0.25, -0.2) is 4.79 Å². The Labute approximate surface area is 144 Å². The minimum atomic E-state index is -0.138. The first kappa shape index (κ1) is 18.7. The zero-order valence-electron chi connectivity index (χ0n) is 14.5. The first-order valence-electron chi connectivity index (χ1n) is 9.02. The fourth-order valence-corrected chi connectivity index (χ4v) is 3.14. The average molecular weight is 334 g/mol. The van der Waals surface area contributed by atoms with Gasteiger partial charge in [-0.3, -0.25) is 0 Å². The van der Waals surface area contributed by atoms with E-state index in [-0.39, 0.29) is 30.8 Å². The molecule has 134 valence electrons. The van der Waals surface area contributed by atoms with Gasteiger partial charge in [0.15, 0.2) is 0 Å². The van der Waals surface area contributed by atoms with Crippen LogP contribution in [-0.4, -0.2) is 35.9 Å². The third-order valence-electron chi connectivity index (χ3n) is 4.50. The smallest absolute Gasteiger partial charge is 0.315 e. The number of hydrogen-bond acceptors (Lipinski definition) is 3. The molecular formula is C19H30N2O3. The third kappa shape index (κ3) is 6.49. The van der Waals surface area contributed by atoms with Gasteiger partial charge in [0.1, 0.15) is 0 Å². The van der Waals surface area contributed by atoms with E-state index in [2.05, 4.69) is 22.8 Å². The normalized spacial score (nSPS) is 21.9. The summed E-state index contributed by atoms with van der Waals surface area (Å²) < 4.78 is 6.08. The van der Waals surface area contributed by atoms with Gasteiger partial charge in [0.2, 0.25) is 0 Å². The van der Waals surface area contributed by atoms with Crippen LogP contribution in [0.25, 0.3) is 0 Å². The second kappa shape index (κ2) is 10.3. The van der Waals surface area contributed by atoms with Gasteiger partial charge in [-0.2, -0.15) is 0 Å². The molecule has 5 nitrogen and oxygen atoms in total. The van der Waals surface area contributed by atoms with Crippen LogP contribution >= 0.6 is 0 Å². The number of carbonyl (C=O) groups excluding carboxylic acids is 1. The van der Waals surface area contributed by atoms with E-state index in [4.69, 9.17) is 9.84 Å². The lowest BCUT2D eigenvalue weighted by molar-refractivity contribution is -0.00273. The molecule has 5 heteroatoms. The van der Waals surface area contributed by atoms with Crippen LogP contribution in [0.5, 0.6) is 0 Å². The van der Waals surface area contributed by atoms with Crippen LogP contribution in [-0.2, 0) is 11.3 Å². The van der Waals surface area contributed by atoms with Crippen molar-refractivity contribution in [2.75, 3.05) is 6.61 Å². The minimum Gasteiger partial charge on any atom is -0.396 e. The summed E-state index contributed by atoms with van der Waals surface area (Å²) in [6.07, 6.45) is 5.76. The lowest BCUT2D eigenvalue weighted by Gasteiger charge is -2.32. The Morgan fingerprint density at radius 1 is 1.29 bits per heavy atom. The standard InChI is InChI=1S/C19H30N2O3/c1-15(8-7-13-22)20-19(23)21-17-11-5-6-12-18(17)24-14-16-9-3-2-4-10-16/h2-4,9-10,15,17-18,22H,5-8,11-14H2,1H3,(H2,20,21,23). The number of amides is 2. The molecule has 0 spiro atoms. The SMILES string of the molecule is CC(CCCO)NC(=O)NC1CCCCC1OCc1ccccc1. The van der Waals surface area contributed by atoms with E-state index in [1.165, 1.54) is 0 Å². The first-order chi connectivity index (χ1) is 11.7. The molecule has 0 radical (unpaired) electrons. The highest BCUT2D eigenvalue weighted by atomic mass is 16.5. The van der Waals surface area contributed by atoms with Gasteiger partial charge in [-0.05, 0) is 38.2 Å².